The summed E-state index contributed by atoms with van der Waals surface area (Å²) >= 11 is 0. The van der Waals surface area contributed by atoms with Crippen LogP contribution in [0.15, 0.2) is 66.7 Å². The Hall–Kier alpha value is -4.65. The van der Waals surface area contributed by atoms with Crippen LogP contribution < -0.4 is 21.1 Å². The number of ether oxygens (including phenoxy) is 1. The molecule has 0 aliphatic carbocycles. The number of nitrogens with two attached hydrogens (primary N) is 2. The third kappa shape index (κ3) is 8.94. The van der Waals surface area contributed by atoms with Gasteiger partial charge in [0.15, 0.2) is 5.78 Å². The molecule has 45 heavy (non-hydrogen) atoms. The van der Waals surface area contributed by atoms with Gasteiger partial charge in [-0.1, -0.05) is 42.2 Å². The lowest BCUT2D eigenvalue weighted by Gasteiger charge is -2.32. The van der Waals surface area contributed by atoms with Crippen LogP contribution in [0.4, 0.5) is 11.4 Å². The molecule has 236 valence electrons. The molecule has 0 bridgehead atoms. The molecule has 1 aliphatic rings. The van der Waals surface area contributed by atoms with Crippen LogP contribution in [-0.4, -0.2) is 80.8 Å². The largest absolute Gasteiger partial charge is 0.491 e. The molecular weight excluding hydrogens is 566 g/mol. The van der Waals surface area contributed by atoms with Gasteiger partial charge in [0.25, 0.3) is 5.91 Å². The predicted molar refractivity (Wildman–Crippen MR) is 178 cm³/mol. The van der Waals surface area contributed by atoms with Crippen molar-refractivity contribution in [3.63, 3.8) is 0 Å². The molecule has 0 aromatic heterocycles. The first-order valence-corrected chi connectivity index (χ1v) is 15.5. The average molecular weight is 610 g/mol. The molecule has 9 nitrogen and oxygen atoms in total. The van der Waals surface area contributed by atoms with Crippen LogP contribution in [0.1, 0.15) is 63.9 Å². The summed E-state index contributed by atoms with van der Waals surface area (Å²) in [5.41, 5.74) is 14.4. The van der Waals surface area contributed by atoms with Gasteiger partial charge >= 0.3 is 0 Å². The third-order valence-corrected chi connectivity index (χ3v) is 7.89. The second kappa shape index (κ2) is 16.4. The molecule has 3 aromatic carbocycles. The molecule has 4 N–H and O–H groups in total. The van der Waals surface area contributed by atoms with Gasteiger partial charge in [0.1, 0.15) is 5.75 Å². The highest BCUT2D eigenvalue weighted by molar-refractivity contribution is 6.13. The number of benzene rings is 3. The monoisotopic (exact) mass is 609 g/mol. The number of unbranched alkanes of at least 4 members (excludes halogenated alkanes) is 2. The van der Waals surface area contributed by atoms with Crippen LogP contribution in [0, 0.1) is 11.8 Å². The summed E-state index contributed by atoms with van der Waals surface area (Å²) in [5.74, 6) is 6.25. The summed E-state index contributed by atoms with van der Waals surface area (Å²) in [7, 11) is 3.75. The maximum Gasteiger partial charge on any atom is 0.260 e. The Morgan fingerprint density at radius 3 is 2.40 bits per heavy atom. The van der Waals surface area contributed by atoms with Gasteiger partial charge < -0.3 is 30.9 Å². The fraction of sp³-hybridized carbons (Fsp3) is 0.361. The summed E-state index contributed by atoms with van der Waals surface area (Å²) in [6, 6.07) is 19.2. The number of carbonyl (C=O) groups is 3. The van der Waals surface area contributed by atoms with Gasteiger partial charge in [-0.05, 0) is 62.7 Å². The Kier molecular flexibility index (Phi) is 12.1. The average Bonchev–Trinajstić information content (AvgIpc) is 3.06. The van der Waals surface area contributed by atoms with Crippen LogP contribution in [0.5, 0.6) is 5.75 Å². The predicted octanol–water partition coefficient (Wildman–Crippen LogP) is 4.19. The van der Waals surface area contributed by atoms with E-state index in [0.717, 1.165) is 45.4 Å². The number of hydrogen-bond donors (Lipinski definition) is 2. The van der Waals surface area contributed by atoms with E-state index in [9.17, 15) is 14.4 Å². The number of amides is 2. The number of likely N-dealkylation sites (N-methyl/N-ethyl adjacent to an activating group) is 1. The zero-order valence-electron chi connectivity index (χ0n) is 26.3. The molecule has 0 saturated carbocycles. The molecule has 1 heterocycles. The molecule has 3 aromatic rings. The summed E-state index contributed by atoms with van der Waals surface area (Å²) in [6.45, 7) is 4.37. The first-order chi connectivity index (χ1) is 21.8. The summed E-state index contributed by atoms with van der Waals surface area (Å²) in [4.78, 5) is 45.0. The zero-order valence-corrected chi connectivity index (χ0v) is 26.3. The van der Waals surface area contributed by atoms with Crippen LogP contribution in [0.3, 0.4) is 0 Å². The molecule has 0 radical (unpaired) electrons. The number of anilines is 2. The number of nitrogen functional groups attached to an aromatic ring is 1. The Balaban J connectivity index is 1.34. The van der Waals surface area contributed by atoms with Crippen LogP contribution >= 0.6 is 0 Å². The van der Waals surface area contributed by atoms with Crippen molar-refractivity contribution in [3.05, 3.63) is 89.0 Å². The summed E-state index contributed by atoms with van der Waals surface area (Å²) < 4.78 is 6.07. The number of para-hydroxylation sites is 2. The van der Waals surface area contributed by atoms with Gasteiger partial charge in [0, 0.05) is 75.0 Å². The fourth-order valence-corrected chi connectivity index (χ4v) is 5.17. The first kappa shape index (κ1) is 33.2. The number of ketones is 1. The third-order valence-electron chi connectivity index (χ3n) is 7.89. The van der Waals surface area contributed by atoms with Crippen LogP contribution in [-0.2, 0) is 4.79 Å². The molecule has 1 aliphatic heterocycles. The van der Waals surface area contributed by atoms with E-state index in [1.807, 2.05) is 35.2 Å². The van der Waals surface area contributed by atoms with Crippen molar-refractivity contribution in [3.8, 4) is 17.6 Å². The second-order valence-electron chi connectivity index (χ2n) is 11.2. The second-order valence-corrected chi connectivity index (χ2v) is 11.2. The molecule has 4 rings (SSSR count). The van der Waals surface area contributed by atoms with Crippen molar-refractivity contribution in [2.24, 2.45) is 5.73 Å². The zero-order chi connectivity index (χ0) is 32.2. The van der Waals surface area contributed by atoms with E-state index in [1.54, 1.807) is 37.4 Å². The number of carbonyl (C=O) groups excluding carboxylic acids is 3. The number of rotatable bonds is 12. The van der Waals surface area contributed by atoms with E-state index < -0.39 is 0 Å². The molecule has 2 amide bonds. The molecule has 0 atom stereocenters. The molecule has 0 spiro atoms. The van der Waals surface area contributed by atoms with E-state index in [4.69, 9.17) is 16.2 Å². The first-order valence-electron chi connectivity index (χ1n) is 15.5. The van der Waals surface area contributed by atoms with E-state index in [0.29, 0.717) is 54.1 Å². The van der Waals surface area contributed by atoms with Crippen molar-refractivity contribution in [1.29, 1.82) is 0 Å². The normalized spacial score (nSPS) is 13.1. The molecular formula is C36H43N5O4. The van der Waals surface area contributed by atoms with Gasteiger partial charge in [-0.2, -0.15) is 0 Å². The minimum atomic E-state index is -0.321. The Bertz CT molecular complexity index is 1550. The molecule has 1 saturated heterocycles. The Morgan fingerprint density at radius 2 is 1.64 bits per heavy atom. The Morgan fingerprint density at radius 1 is 0.911 bits per heavy atom. The van der Waals surface area contributed by atoms with Crippen molar-refractivity contribution < 1.29 is 19.1 Å². The van der Waals surface area contributed by atoms with Crippen molar-refractivity contribution in [2.75, 3.05) is 64.1 Å². The smallest absolute Gasteiger partial charge is 0.260 e. The van der Waals surface area contributed by atoms with Gasteiger partial charge in [0.05, 0.1) is 17.9 Å². The van der Waals surface area contributed by atoms with Crippen molar-refractivity contribution in [2.45, 2.75) is 32.1 Å². The lowest BCUT2D eigenvalue weighted by atomic mass is 9.97. The molecule has 1 fully saturated rings. The molecule has 0 unspecified atom stereocenters. The molecule has 9 heteroatoms. The number of hydrogen-bond acceptors (Lipinski definition) is 7. The van der Waals surface area contributed by atoms with E-state index in [1.165, 1.54) is 11.0 Å². The quantitative estimate of drug-likeness (QED) is 0.137. The van der Waals surface area contributed by atoms with E-state index >= 15 is 0 Å². The maximum absolute atomic E-state index is 13.5. The van der Waals surface area contributed by atoms with E-state index in [2.05, 4.69) is 23.8 Å². The van der Waals surface area contributed by atoms with Crippen LogP contribution in [0.25, 0.3) is 0 Å². The summed E-state index contributed by atoms with van der Waals surface area (Å²) in [6.07, 6.45) is 3.58. The lowest BCUT2D eigenvalue weighted by Crippen LogP contribution is -2.47. The highest BCUT2D eigenvalue weighted by Gasteiger charge is 2.22. The lowest BCUT2D eigenvalue weighted by molar-refractivity contribution is -0.132. The maximum atomic E-state index is 13.5. The summed E-state index contributed by atoms with van der Waals surface area (Å²) in [5, 5.41) is 0. The minimum Gasteiger partial charge on any atom is -0.491 e. The highest BCUT2D eigenvalue weighted by atomic mass is 16.5. The van der Waals surface area contributed by atoms with Crippen molar-refractivity contribution >= 4 is 29.0 Å². The number of piperazine rings is 1. The minimum absolute atomic E-state index is 0.203. The standard InChI is InChI=1S/C36H43N5O4/c1-39-21-23-41(24-22-39)34(42)17-4-3-11-25-45-33-16-8-7-15-32(33)40(2)36(44)30-19-18-28(26-31(30)38)35(43)29-14-6-5-12-27(29)13-9-10-20-37/h5-8,12,14-16,18-19,26H,3-4,10-11,17,20-25,37-38H2,1-2H3. The Labute approximate surface area is 266 Å². The van der Waals surface area contributed by atoms with E-state index in [-0.39, 0.29) is 28.8 Å². The van der Waals surface area contributed by atoms with Gasteiger partial charge in [-0.15, -0.1) is 0 Å². The fourth-order valence-electron chi connectivity index (χ4n) is 5.17. The number of nitrogens with zero attached hydrogens (tertiary/aromatic N) is 3. The van der Waals surface area contributed by atoms with Crippen LogP contribution in [0.2, 0.25) is 0 Å². The highest BCUT2D eigenvalue weighted by Crippen LogP contribution is 2.30. The SMILES string of the molecule is CN1CCN(C(=O)CCCCCOc2ccccc2N(C)C(=O)c2ccc(C(=O)c3ccccc3C#CCCN)cc2N)CC1. The van der Waals surface area contributed by atoms with Gasteiger partial charge in [0.2, 0.25) is 5.91 Å². The van der Waals surface area contributed by atoms with Gasteiger partial charge in [-0.3, -0.25) is 14.4 Å². The topological polar surface area (TPSA) is 122 Å². The van der Waals surface area contributed by atoms with Gasteiger partial charge in [-0.25, -0.2) is 0 Å². The van der Waals surface area contributed by atoms with Crippen molar-refractivity contribution in [1.82, 2.24) is 9.80 Å².